The predicted octanol–water partition coefficient (Wildman–Crippen LogP) is 2.43. The molecule has 1 heterocycles. The van der Waals surface area contributed by atoms with Crippen LogP contribution in [0.2, 0.25) is 0 Å². The van der Waals surface area contributed by atoms with Crippen LogP contribution >= 0.6 is 0 Å². The molecule has 0 aliphatic carbocycles. The normalized spacial score (nSPS) is 10.5. The summed E-state index contributed by atoms with van der Waals surface area (Å²) in [6.07, 6.45) is 0. The Bertz CT molecular complexity index is 503. The number of benzene rings is 1. The fourth-order valence-electron chi connectivity index (χ4n) is 2.03. The van der Waals surface area contributed by atoms with Gasteiger partial charge in [0.05, 0.1) is 7.11 Å². The lowest BCUT2D eigenvalue weighted by molar-refractivity contribution is 0.415. The number of hydrogen-bond donors (Lipinski definition) is 1. The fraction of sp³-hybridized carbons (Fsp3) is 0.286. The SMILES string of the molecule is COc1cccc(-c2ccc(C)n2CCN)c1. The van der Waals surface area contributed by atoms with E-state index in [1.807, 2.05) is 18.2 Å². The van der Waals surface area contributed by atoms with Gasteiger partial charge < -0.3 is 15.0 Å². The van der Waals surface area contributed by atoms with Gasteiger partial charge in [0, 0.05) is 30.0 Å². The van der Waals surface area contributed by atoms with Crippen LogP contribution in [-0.4, -0.2) is 18.2 Å². The van der Waals surface area contributed by atoms with Gasteiger partial charge in [0.25, 0.3) is 0 Å². The highest BCUT2D eigenvalue weighted by Crippen LogP contribution is 2.25. The minimum atomic E-state index is 0.645. The quantitative estimate of drug-likeness (QED) is 0.876. The Labute approximate surface area is 102 Å². The highest BCUT2D eigenvalue weighted by Gasteiger charge is 2.07. The maximum absolute atomic E-state index is 5.65. The molecule has 0 amide bonds. The Balaban J connectivity index is 2.44. The molecular formula is C14H18N2O. The zero-order valence-electron chi connectivity index (χ0n) is 10.3. The summed E-state index contributed by atoms with van der Waals surface area (Å²) in [7, 11) is 1.68. The van der Waals surface area contributed by atoms with Crippen molar-refractivity contribution in [1.29, 1.82) is 0 Å². The van der Waals surface area contributed by atoms with Crippen molar-refractivity contribution in [3.8, 4) is 17.0 Å². The molecule has 1 aromatic carbocycles. The second-order valence-electron chi connectivity index (χ2n) is 4.03. The second kappa shape index (κ2) is 5.06. The molecule has 2 N–H and O–H groups in total. The summed E-state index contributed by atoms with van der Waals surface area (Å²) in [5.41, 5.74) is 9.22. The highest BCUT2D eigenvalue weighted by atomic mass is 16.5. The monoisotopic (exact) mass is 230 g/mol. The zero-order chi connectivity index (χ0) is 12.3. The van der Waals surface area contributed by atoms with Gasteiger partial charge >= 0.3 is 0 Å². The summed E-state index contributed by atoms with van der Waals surface area (Å²) in [4.78, 5) is 0. The maximum Gasteiger partial charge on any atom is 0.119 e. The predicted molar refractivity (Wildman–Crippen MR) is 70.2 cm³/mol. The molecular weight excluding hydrogens is 212 g/mol. The molecule has 1 aromatic heterocycles. The largest absolute Gasteiger partial charge is 0.497 e. The Morgan fingerprint density at radius 3 is 2.76 bits per heavy atom. The molecule has 17 heavy (non-hydrogen) atoms. The van der Waals surface area contributed by atoms with E-state index in [1.54, 1.807) is 7.11 Å². The number of hydrogen-bond acceptors (Lipinski definition) is 2. The van der Waals surface area contributed by atoms with Crippen LogP contribution in [0.15, 0.2) is 36.4 Å². The van der Waals surface area contributed by atoms with Crippen LogP contribution < -0.4 is 10.5 Å². The Morgan fingerprint density at radius 2 is 2.06 bits per heavy atom. The van der Waals surface area contributed by atoms with E-state index >= 15 is 0 Å². The third-order valence-electron chi connectivity index (χ3n) is 2.92. The van der Waals surface area contributed by atoms with Gasteiger partial charge in [-0.3, -0.25) is 0 Å². The smallest absolute Gasteiger partial charge is 0.119 e. The summed E-state index contributed by atoms with van der Waals surface area (Å²) < 4.78 is 7.48. The van der Waals surface area contributed by atoms with Crippen LogP contribution in [0, 0.1) is 6.92 Å². The van der Waals surface area contributed by atoms with Crippen molar-refractivity contribution in [2.75, 3.05) is 13.7 Å². The van der Waals surface area contributed by atoms with Gasteiger partial charge in [-0.15, -0.1) is 0 Å². The second-order valence-corrected chi connectivity index (χ2v) is 4.03. The molecule has 0 bridgehead atoms. The average Bonchev–Trinajstić information content (AvgIpc) is 2.72. The first-order valence-corrected chi connectivity index (χ1v) is 5.77. The van der Waals surface area contributed by atoms with Crippen molar-refractivity contribution in [2.24, 2.45) is 5.73 Å². The number of aromatic nitrogens is 1. The minimum absolute atomic E-state index is 0.645. The molecule has 0 saturated heterocycles. The van der Waals surface area contributed by atoms with Crippen LogP contribution in [-0.2, 0) is 6.54 Å². The van der Waals surface area contributed by atoms with Crippen molar-refractivity contribution in [1.82, 2.24) is 4.57 Å². The average molecular weight is 230 g/mol. The van der Waals surface area contributed by atoms with E-state index in [-0.39, 0.29) is 0 Å². The lowest BCUT2D eigenvalue weighted by atomic mass is 10.1. The molecule has 2 rings (SSSR count). The lowest BCUT2D eigenvalue weighted by Crippen LogP contribution is -2.11. The van der Waals surface area contributed by atoms with Gasteiger partial charge in [0.1, 0.15) is 5.75 Å². The summed E-state index contributed by atoms with van der Waals surface area (Å²) in [5.74, 6) is 0.876. The first-order chi connectivity index (χ1) is 8.26. The topological polar surface area (TPSA) is 40.2 Å². The van der Waals surface area contributed by atoms with E-state index in [0.29, 0.717) is 6.54 Å². The minimum Gasteiger partial charge on any atom is -0.497 e. The summed E-state index contributed by atoms with van der Waals surface area (Å²) in [6, 6.07) is 12.3. The standard InChI is InChI=1S/C14H18N2O/c1-11-6-7-14(16(11)9-8-15)12-4-3-5-13(10-12)17-2/h3-7,10H,8-9,15H2,1-2H3. The number of methoxy groups -OCH3 is 1. The van der Waals surface area contributed by atoms with Crippen molar-refractivity contribution >= 4 is 0 Å². The van der Waals surface area contributed by atoms with Crippen molar-refractivity contribution in [2.45, 2.75) is 13.5 Å². The molecule has 3 nitrogen and oxygen atoms in total. The molecule has 0 atom stereocenters. The Morgan fingerprint density at radius 1 is 1.24 bits per heavy atom. The molecule has 0 radical (unpaired) electrons. The Kier molecular flexibility index (Phi) is 3.49. The molecule has 0 aliphatic rings. The van der Waals surface area contributed by atoms with Crippen LogP contribution in [0.4, 0.5) is 0 Å². The number of nitrogens with two attached hydrogens (primary N) is 1. The number of rotatable bonds is 4. The van der Waals surface area contributed by atoms with Gasteiger partial charge in [0.15, 0.2) is 0 Å². The van der Waals surface area contributed by atoms with Crippen LogP contribution in [0.3, 0.4) is 0 Å². The van der Waals surface area contributed by atoms with Crippen molar-refractivity contribution in [3.05, 3.63) is 42.1 Å². The molecule has 0 aliphatic heterocycles. The third kappa shape index (κ3) is 2.34. The number of nitrogens with zero attached hydrogens (tertiary/aromatic N) is 1. The lowest BCUT2D eigenvalue weighted by Gasteiger charge is -2.11. The van der Waals surface area contributed by atoms with E-state index < -0.39 is 0 Å². The van der Waals surface area contributed by atoms with Gasteiger partial charge in [-0.2, -0.15) is 0 Å². The molecule has 0 spiro atoms. The van der Waals surface area contributed by atoms with Crippen LogP contribution in [0.25, 0.3) is 11.3 Å². The van der Waals surface area contributed by atoms with Gasteiger partial charge in [-0.05, 0) is 31.2 Å². The van der Waals surface area contributed by atoms with Crippen molar-refractivity contribution < 1.29 is 4.74 Å². The first-order valence-electron chi connectivity index (χ1n) is 5.77. The fourth-order valence-corrected chi connectivity index (χ4v) is 2.03. The maximum atomic E-state index is 5.65. The third-order valence-corrected chi connectivity index (χ3v) is 2.92. The number of aryl methyl sites for hydroxylation is 1. The molecule has 0 fully saturated rings. The first kappa shape index (κ1) is 11.7. The van der Waals surface area contributed by atoms with Gasteiger partial charge in [0.2, 0.25) is 0 Å². The van der Waals surface area contributed by atoms with Crippen LogP contribution in [0.1, 0.15) is 5.69 Å². The van der Waals surface area contributed by atoms with E-state index in [2.05, 4.69) is 29.7 Å². The summed E-state index contributed by atoms with van der Waals surface area (Å²) in [6.45, 7) is 3.58. The van der Waals surface area contributed by atoms with E-state index in [9.17, 15) is 0 Å². The zero-order valence-corrected chi connectivity index (χ0v) is 10.3. The summed E-state index contributed by atoms with van der Waals surface area (Å²) >= 11 is 0. The molecule has 0 unspecified atom stereocenters. The Hall–Kier alpha value is -1.74. The molecule has 90 valence electrons. The van der Waals surface area contributed by atoms with E-state index in [1.165, 1.54) is 11.4 Å². The molecule has 0 saturated carbocycles. The highest BCUT2D eigenvalue weighted by molar-refractivity contribution is 5.62. The number of ether oxygens (including phenoxy) is 1. The molecule has 2 aromatic rings. The summed E-state index contributed by atoms with van der Waals surface area (Å²) in [5, 5.41) is 0. The molecule has 3 heteroatoms. The van der Waals surface area contributed by atoms with Crippen LogP contribution in [0.5, 0.6) is 5.75 Å². The van der Waals surface area contributed by atoms with E-state index in [0.717, 1.165) is 17.9 Å². The van der Waals surface area contributed by atoms with Gasteiger partial charge in [-0.25, -0.2) is 0 Å². The van der Waals surface area contributed by atoms with Crippen molar-refractivity contribution in [3.63, 3.8) is 0 Å². The van der Waals surface area contributed by atoms with Gasteiger partial charge in [-0.1, -0.05) is 12.1 Å². The van der Waals surface area contributed by atoms with E-state index in [4.69, 9.17) is 10.5 Å².